The first-order valence-electron chi connectivity index (χ1n) is 6.57. The summed E-state index contributed by atoms with van der Waals surface area (Å²) in [6.45, 7) is 4.29. The van der Waals surface area contributed by atoms with Crippen LogP contribution in [0.25, 0.3) is 0 Å². The van der Waals surface area contributed by atoms with Crippen LogP contribution in [0.2, 0.25) is 0 Å². The van der Waals surface area contributed by atoms with E-state index >= 15 is 0 Å². The average Bonchev–Trinajstić information content (AvgIpc) is 2.36. The monoisotopic (exact) mass is 263 g/mol. The van der Waals surface area contributed by atoms with Crippen LogP contribution < -0.4 is 5.32 Å². The Balaban J connectivity index is 2.40. The summed E-state index contributed by atoms with van der Waals surface area (Å²) in [5.41, 5.74) is 2.20. The molecule has 1 rings (SSSR count). The number of carboxylic acid groups (broad SMARTS) is 1. The van der Waals surface area contributed by atoms with E-state index in [9.17, 15) is 9.59 Å². The summed E-state index contributed by atoms with van der Waals surface area (Å²) >= 11 is 0. The SMILES string of the molecule is CCc1cccc(CC(=O)NCC(C)CC(=O)O)c1. The topological polar surface area (TPSA) is 66.4 Å². The molecule has 19 heavy (non-hydrogen) atoms. The van der Waals surface area contributed by atoms with E-state index in [4.69, 9.17) is 5.11 Å². The lowest BCUT2D eigenvalue weighted by molar-refractivity contribution is -0.138. The standard InChI is InChI=1S/C15H21NO3/c1-3-12-5-4-6-13(8-12)9-14(17)16-10-11(2)7-15(18)19/h4-6,8,11H,3,7,9-10H2,1-2H3,(H,16,17)(H,18,19). The Morgan fingerprint density at radius 1 is 1.32 bits per heavy atom. The summed E-state index contributed by atoms with van der Waals surface area (Å²) in [6, 6.07) is 7.95. The van der Waals surface area contributed by atoms with E-state index < -0.39 is 5.97 Å². The molecule has 1 amide bonds. The van der Waals surface area contributed by atoms with E-state index in [1.54, 1.807) is 0 Å². The van der Waals surface area contributed by atoms with E-state index in [0.717, 1.165) is 12.0 Å². The van der Waals surface area contributed by atoms with Gasteiger partial charge in [-0.05, 0) is 23.5 Å². The van der Waals surface area contributed by atoms with Crippen LogP contribution >= 0.6 is 0 Å². The van der Waals surface area contributed by atoms with E-state index in [-0.39, 0.29) is 18.2 Å². The quantitative estimate of drug-likeness (QED) is 0.791. The lowest BCUT2D eigenvalue weighted by Crippen LogP contribution is -2.30. The normalized spacial score (nSPS) is 11.9. The third-order valence-corrected chi connectivity index (χ3v) is 2.94. The van der Waals surface area contributed by atoms with Crippen LogP contribution in [0.1, 0.15) is 31.4 Å². The number of rotatable bonds is 7. The molecule has 4 nitrogen and oxygen atoms in total. The molecular weight excluding hydrogens is 242 g/mol. The number of carbonyl (C=O) groups is 2. The molecule has 104 valence electrons. The minimum Gasteiger partial charge on any atom is -0.481 e. The van der Waals surface area contributed by atoms with Crippen molar-refractivity contribution in [3.8, 4) is 0 Å². The fourth-order valence-electron chi connectivity index (χ4n) is 1.87. The number of aliphatic carboxylic acids is 1. The Morgan fingerprint density at radius 3 is 2.63 bits per heavy atom. The molecule has 1 aromatic rings. The van der Waals surface area contributed by atoms with Gasteiger partial charge in [0.2, 0.25) is 5.91 Å². The first kappa shape index (κ1) is 15.2. The highest BCUT2D eigenvalue weighted by atomic mass is 16.4. The van der Waals surface area contributed by atoms with E-state index in [0.29, 0.717) is 13.0 Å². The lowest BCUT2D eigenvalue weighted by atomic mass is 10.1. The molecule has 4 heteroatoms. The molecule has 0 saturated carbocycles. The third kappa shape index (κ3) is 6.04. The van der Waals surface area contributed by atoms with E-state index in [1.165, 1.54) is 5.56 Å². The third-order valence-electron chi connectivity index (χ3n) is 2.94. The van der Waals surface area contributed by atoms with Gasteiger partial charge in [-0.15, -0.1) is 0 Å². The zero-order valence-electron chi connectivity index (χ0n) is 11.5. The lowest BCUT2D eigenvalue weighted by Gasteiger charge is -2.10. The molecule has 1 atom stereocenters. The summed E-state index contributed by atoms with van der Waals surface area (Å²) in [7, 11) is 0. The van der Waals surface area contributed by atoms with Gasteiger partial charge >= 0.3 is 5.97 Å². The van der Waals surface area contributed by atoms with Crippen molar-refractivity contribution in [3.05, 3.63) is 35.4 Å². The Labute approximate surface area is 113 Å². The van der Waals surface area contributed by atoms with Gasteiger partial charge in [0.1, 0.15) is 0 Å². The molecular formula is C15H21NO3. The largest absolute Gasteiger partial charge is 0.481 e. The van der Waals surface area contributed by atoms with Crippen molar-refractivity contribution in [2.75, 3.05) is 6.54 Å². The Morgan fingerprint density at radius 2 is 2.00 bits per heavy atom. The van der Waals surface area contributed by atoms with Crippen LogP contribution in [0.5, 0.6) is 0 Å². The molecule has 0 aliphatic heterocycles. The van der Waals surface area contributed by atoms with Crippen LogP contribution in [0.3, 0.4) is 0 Å². The minimum atomic E-state index is -0.836. The Hall–Kier alpha value is -1.84. The van der Waals surface area contributed by atoms with Crippen molar-refractivity contribution in [1.82, 2.24) is 5.32 Å². The fourth-order valence-corrected chi connectivity index (χ4v) is 1.87. The second-order valence-electron chi connectivity index (χ2n) is 4.86. The number of amides is 1. The zero-order valence-corrected chi connectivity index (χ0v) is 11.5. The summed E-state index contributed by atoms with van der Waals surface area (Å²) in [6.07, 6.45) is 1.37. The van der Waals surface area contributed by atoms with Gasteiger partial charge in [-0.1, -0.05) is 38.1 Å². The van der Waals surface area contributed by atoms with Crippen LogP contribution in [-0.4, -0.2) is 23.5 Å². The van der Waals surface area contributed by atoms with Crippen LogP contribution in [0, 0.1) is 5.92 Å². The Kier molecular flexibility index (Phi) is 6.06. The molecule has 0 aliphatic rings. The fraction of sp³-hybridized carbons (Fsp3) is 0.467. The van der Waals surface area contributed by atoms with Crippen LogP contribution in [0.15, 0.2) is 24.3 Å². The van der Waals surface area contributed by atoms with Gasteiger partial charge in [0.15, 0.2) is 0 Å². The van der Waals surface area contributed by atoms with Crippen LogP contribution in [-0.2, 0) is 22.4 Å². The van der Waals surface area contributed by atoms with Gasteiger partial charge < -0.3 is 10.4 Å². The van der Waals surface area contributed by atoms with Gasteiger partial charge in [0.05, 0.1) is 6.42 Å². The summed E-state index contributed by atoms with van der Waals surface area (Å²) in [5.74, 6) is -0.952. The summed E-state index contributed by atoms with van der Waals surface area (Å²) < 4.78 is 0. The van der Waals surface area contributed by atoms with Gasteiger partial charge in [-0.25, -0.2) is 0 Å². The van der Waals surface area contributed by atoms with Crippen LogP contribution in [0.4, 0.5) is 0 Å². The molecule has 0 fully saturated rings. The molecule has 0 aliphatic carbocycles. The number of nitrogens with one attached hydrogen (secondary N) is 1. The Bertz CT molecular complexity index is 443. The summed E-state index contributed by atoms with van der Waals surface area (Å²) in [4.78, 5) is 22.2. The predicted molar refractivity (Wildman–Crippen MR) is 74.0 cm³/mol. The van der Waals surface area contributed by atoms with Crippen molar-refractivity contribution in [2.45, 2.75) is 33.1 Å². The maximum absolute atomic E-state index is 11.7. The van der Waals surface area contributed by atoms with E-state index in [2.05, 4.69) is 12.2 Å². The zero-order chi connectivity index (χ0) is 14.3. The smallest absolute Gasteiger partial charge is 0.303 e. The molecule has 0 spiro atoms. The van der Waals surface area contributed by atoms with E-state index in [1.807, 2.05) is 31.2 Å². The first-order valence-corrected chi connectivity index (χ1v) is 6.57. The molecule has 0 bridgehead atoms. The highest BCUT2D eigenvalue weighted by molar-refractivity contribution is 5.78. The van der Waals surface area contributed by atoms with Crippen molar-refractivity contribution in [2.24, 2.45) is 5.92 Å². The molecule has 1 unspecified atom stereocenters. The second kappa shape index (κ2) is 7.56. The number of hydrogen-bond donors (Lipinski definition) is 2. The number of hydrogen-bond acceptors (Lipinski definition) is 2. The van der Waals surface area contributed by atoms with Gasteiger partial charge in [-0.3, -0.25) is 9.59 Å². The molecule has 0 aromatic heterocycles. The molecule has 1 aromatic carbocycles. The highest BCUT2D eigenvalue weighted by Gasteiger charge is 2.09. The van der Waals surface area contributed by atoms with Crippen molar-refractivity contribution >= 4 is 11.9 Å². The second-order valence-corrected chi connectivity index (χ2v) is 4.86. The van der Waals surface area contributed by atoms with Gasteiger partial charge in [-0.2, -0.15) is 0 Å². The molecule has 2 N–H and O–H groups in total. The molecule has 0 radical (unpaired) electrons. The van der Waals surface area contributed by atoms with Crippen molar-refractivity contribution in [3.63, 3.8) is 0 Å². The number of carbonyl (C=O) groups excluding carboxylic acids is 1. The minimum absolute atomic E-state index is 0.0524. The molecule has 0 heterocycles. The van der Waals surface area contributed by atoms with Crippen molar-refractivity contribution in [1.29, 1.82) is 0 Å². The van der Waals surface area contributed by atoms with Gasteiger partial charge in [0, 0.05) is 13.0 Å². The first-order chi connectivity index (χ1) is 9.01. The maximum Gasteiger partial charge on any atom is 0.303 e. The van der Waals surface area contributed by atoms with Crippen molar-refractivity contribution < 1.29 is 14.7 Å². The summed E-state index contributed by atoms with van der Waals surface area (Å²) in [5, 5.41) is 11.4. The van der Waals surface area contributed by atoms with Gasteiger partial charge in [0.25, 0.3) is 0 Å². The predicted octanol–water partition coefficient (Wildman–Crippen LogP) is 2.02. The number of benzene rings is 1. The average molecular weight is 263 g/mol. The maximum atomic E-state index is 11.7. The highest BCUT2D eigenvalue weighted by Crippen LogP contribution is 2.07. The number of carboxylic acids is 1. The molecule has 0 saturated heterocycles. The number of aryl methyl sites for hydroxylation is 1.